The number of rotatable bonds is 2. The van der Waals surface area contributed by atoms with Gasteiger partial charge in [0.15, 0.2) is 0 Å². The third-order valence-electron chi connectivity index (χ3n) is 3.46. The predicted octanol–water partition coefficient (Wildman–Crippen LogP) is 1.94. The number of nitrogens with zero attached hydrogens (tertiary/aromatic N) is 1. The van der Waals surface area contributed by atoms with Crippen LogP contribution in [-0.4, -0.2) is 21.3 Å². The molecular formula is C11H16N2O2. The molecule has 0 bridgehead atoms. The smallest absolute Gasteiger partial charge is 0.304 e. The fourth-order valence-corrected chi connectivity index (χ4v) is 2.40. The van der Waals surface area contributed by atoms with Gasteiger partial charge < -0.3 is 5.11 Å². The second-order valence-corrected chi connectivity index (χ2v) is 4.95. The largest absolute Gasteiger partial charge is 0.481 e. The maximum absolute atomic E-state index is 10.9. The second kappa shape index (κ2) is 3.36. The number of aliphatic carboxylic acids is 1. The number of fused-ring (bicyclic) bond motifs is 1. The highest BCUT2D eigenvalue weighted by Crippen LogP contribution is 2.45. The lowest BCUT2D eigenvalue weighted by Crippen LogP contribution is -2.30. The topological polar surface area (TPSA) is 66.0 Å². The van der Waals surface area contributed by atoms with Crippen molar-refractivity contribution in [3.05, 3.63) is 17.5 Å². The maximum atomic E-state index is 10.9. The summed E-state index contributed by atoms with van der Waals surface area (Å²) in [6.07, 6.45) is 4.02. The van der Waals surface area contributed by atoms with Crippen molar-refractivity contribution in [3.63, 3.8) is 0 Å². The quantitative estimate of drug-likeness (QED) is 0.780. The van der Waals surface area contributed by atoms with E-state index in [-0.39, 0.29) is 17.8 Å². The molecule has 0 aromatic carbocycles. The van der Waals surface area contributed by atoms with Crippen LogP contribution in [0.1, 0.15) is 43.9 Å². The minimum Gasteiger partial charge on any atom is -0.481 e. The number of carboxylic acids is 1. The molecule has 1 unspecified atom stereocenters. The molecule has 2 N–H and O–H groups in total. The Morgan fingerprint density at radius 3 is 3.13 bits per heavy atom. The van der Waals surface area contributed by atoms with E-state index in [9.17, 15) is 4.79 Å². The summed E-state index contributed by atoms with van der Waals surface area (Å²) >= 11 is 0. The average Bonchev–Trinajstić information content (AvgIpc) is 2.57. The summed E-state index contributed by atoms with van der Waals surface area (Å²) in [4.78, 5) is 10.9. The normalized spacial score (nSPS) is 23.5. The van der Waals surface area contributed by atoms with E-state index in [0.29, 0.717) is 0 Å². The van der Waals surface area contributed by atoms with Gasteiger partial charge in [-0.05, 0) is 23.8 Å². The first-order chi connectivity index (χ1) is 7.00. The van der Waals surface area contributed by atoms with E-state index in [1.165, 1.54) is 5.56 Å². The number of hydrogen-bond acceptors (Lipinski definition) is 2. The molecule has 1 aromatic heterocycles. The minimum atomic E-state index is -0.740. The fourth-order valence-electron chi connectivity index (χ4n) is 2.40. The highest BCUT2D eigenvalue weighted by molar-refractivity contribution is 5.68. The van der Waals surface area contributed by atoms with E-state index < -0.39 is 5.97 Å². The lowest BCUT2D eigenvalue weighted by Gasteiger charge is -2.37. The molecule has 15 heavy (non-hydrogen) atoms. The van der Waals surface area contributed by atoms with Crippen molar-refractivity contribution >= 4 is 5.97 Å². The van der Waals surface area contributed by atoms with Crippen molar-refractivity contribution in [1.82, 2.24) is 10.2 Å². The molecule has 1 atom stereocenters. The molecule has 0 amide bonds. The number of aromatic amines is 1. The van der Waals surface area contributed by atoms with Crippen molar-refractivity contribution in [1.29, 1.82) is 0 Å². The van der Waals surface area contributed by atoms with E-state index in [0.717, 1.165) is 18.5 Å². The first kappa shape index (κ1) is 10.2. The monoisotopic (exact) mass is 208 g/mol. The van der Waals surface area contributed by atoms with E-state index in [4.69, 9.17) is 5.11 Å². The van der Waals surface area contributed by atoms with Gasteiger partial charge in [-0.25, -0.2) is 0 Å². The standard InChI is InChI=1S/C11H16N2O2/c1-11(2)4-3-7-6-12-13-10(7)8(11)5-9(14)15/h6,8H,3-5H2,1-2H3,(H,12,13)(H,14,15). The van der Waals surface area contributed by atoms with Crippen LogP contribution in [0, 0.1) is 5.41 Å². The van der Waals surface area contributed by atoms with Crippen molar-refractivity contribution < 1.29 is 9.90 Å². The second-order valence-electron chi connectivity index (χ2n) is 4.95. The first-order valence-electron chi connectivity index (χ1n) is 5.24. The molecule has 2 rings (SSSR count). The lowest BCUT2D eigenvalue weighted by molar-refractivity contribution is -0.138. The Labute approximate surface area is 88.7 Å². The summed E-state index contributed by atoms with van der Waals surface area (Å²) in [5.41, 5.74) is 2.24. The highest BCUT2D eigenvalue weighted by Gasteiger charge is 2.38. The lowest BCUT2D eigenvalue weighted by atomic mass is 9.67. The summed E-state index contributed by atoms with van der Waals surface area (Å²) in [6, 6.07) is 0. The molecule has 1 aliphatic carbocycles. The number of carbonyl (C=O) groups is 1. The molecular weight excluding hydrogens is 192 g/mol. The molecule has 0 aliphatic heterocycles. The van der Waals surface area contributed by atoms with E-state index in [1.54, 1.807) is 0 Å². The summed E-state index contributed by atoms with van der Waals surface area (Å²) in [5.74, 6) is -0.684. The number of hydrogen-bond donors (Lipinski definition) is 2. The van der Waals surface area contributed by atoms with Crippen LogP contribution in [0.15, 0.2) is 6.20 Å². The van der Waals surface area contributed by atoms with E-state index >= 15 is 0 Å². The highest BCUT2D eigenvalue weighted by atomic mass is 16.4. The molecule has 4 heteroatoms. The Kier molecular flexibility index (Phi) is 2.29. The zero-order valence-corrected chi connectivity index (χ0v) is 9.08. The maximum Gasteiger partial charge on any atom is 0.304 e. The fraction of sp³-hybridized carbons (Fsp3) is 0.636. The summed E-state index contributed by atoms with van der Waals surface area (Å²) in [5, 5.41) is 15.9. The molecule has 0 saturated heterocycles. The van der Waals surface area contributed by atoms with E-state index in [2.05, 4.69) is 24.0 Å². The third kappa shape index (κ3) is 1.76. The molecule has 1 aliphatic rings. The van der Waals surface area contributed by atoms with Crippen molar-refractivity contribution in [2.45, 2.75) is 39.0 Å². The number of aryl methyl sites for hydroxylation is 1. The molecule has 1 heterocycles. The SMILES string of the molecule is CC1(C)CCc2cn[nH]c2C1CC(=O)O. The van der Waals surface area contributed by atoms with Gasteiger partial charge in [-0.1, -0.05) is 13.8 Å². The Hall–Kier alpha value is -1.32. The van der Waals surface area contributed by atoms with Crippen LogP contribution in [0.5, 0.6) is 0 Å². The van der Waals surface area contributed by atoms with Gasteiger partial charge in [0.05, 0.1) is 12.6 Å². The van der Waals surface area contributed by atoms with Crippen LogP contribution in [0.25, 0.3) is 0 Å². The van der Waals surface area contributed by atoms with Gasteiger partial charge in [0.1, 0.15) is 0 Å². The number of carboxylic acid groups (broad SMARTS) is 1. The number of H-pyrrole nitrogens is 1. The Bertz CT molecular complexity index is 382. The summed E-state index contributed by atoms with van der Waals surface area (Å²) < 4.78 is 0. The van der Waals surface area contributed by atoms with Gasteiger partial charge in [-0.2, -0.15) is 5.10 Å². The summed E-state index contributed by atoms with van der Waals surface area (Å²) in [7, 11) is 0. The van der Waals surface area contributed by atoms with Crippen LogP contribution >= 0.6 is 0 Å². The molecule has 0 fully saturated rings. The van der Waals surface area contributed by atoms with Gasteiger partial charge in [0, 0.05) is 11.6 Å². The van der Waals surface area contributed by atoms with Crippen LogP contribution in [0.2, 0.25) is 0 Å². The van der Waals surface area contributed by atoms with Crippen molar-refractivity contribution in [3.8, 4) is 0 Å². The first-order valence-corrected chi connectivity index (χ1v) is 5.24. The van der Waals surface area contributed by atoms with Gasteiger partial charge in [-0.3, -0.25) is 9.89 Å². The van der Waals surface area contributed by atoms with E-state index in [1.807, 2.05) is 6.20 Å². The molecule has 1 aromatic rings. The average molecular weight is 208 g/mol. The molecule has 0 saturated carbocycles. The van der Waals surface area contributed by atoms with Gasteiger partial charge in [-0.15, -0.1) is 0 Å². The third-order valence-corrected chi connectivity index (χ3v) is 3.46. The van der Waals surface area contributed by atoms with Crippen LogP contribution in [0.3, 0.4) is 0 Å². The van der Waals surface area contributed by atoms with Crippen LogP contribution in [0.4, 0.5) is 0 Å². The minimum absolute atomic E-state index is 0.0396. The van der Waals surface area contributed by atoms with Crippen LogP contribution in [-0.2, 0) is 11.2 Å². The zero-order chi connectivity index (χ0) is 11.1. The zero-order valence-electron chi connectivity index (χ0n) is 9.08. The predicted molar refractivity (Wildman–Crippen MR) is 55.7 cm³/mol. The molecule has 0 spiro atoms. The van der Waals surface area contributed by atoms with Crippen molar-refractivity contribution in [2.24, 2.45) is 5.41 Å². The molecule has 4 nitrogen and oxygen atoms in total. The number of aromatic nitrogens is 2. The van der Waals surface area contributed by atoms with Gasteiger partial charge >= 0.3 is 5.97 Å². The number of nitrogens with one attached hydrogen (secondary N) is 1. The Balaban J connectivity index is 2.35. The Morgan fingerprint density at radius 2 is 2.47 bits per heavy atom. The molecule has 82 valence electrons. The summed E-state index contributed by atoms with van der Waals surface area (Å²) in [6.45, 7) is 4.26. The Morgan fingerprint density at radius 1 is 1.73 bits per heavy atom. The van der Waals surface area contributed by atoms with Gasteiger partial charge in [0.2, 0.25) is 0 Å². The molecule has 0 radical (unpaired) electrons. The van der Waals surface area contributed by atoms with Crippen LogP contribution < -0.4 is 0 Å². The van der Waals surface area contributed by atoms with Gasteiger partial charge in [0.25, 0.3) is 0 Å². The van der Waals surface area contributed by atoms with Crippen molar-refractivity contribution in [2.75, 3.05) is 0 Å².